The van der Waals surface area contributed by atoms with Gasteiger partial charge in [0.25, 0.3) is 0 Å². The minimum atomic E-state index is -0.761. The number of aliphatic hydroxyl groups is 1. The van der Waals surface area contributed by atoms with Gasteiger partial charge in [0.15, 0.2) is 10.7 Å². The second-order valence-electron chi connectivity index (χ2n) is 4.18. The number of imide groups is 1. The molecule has 0 aromatic heterocycles. The van der Waals surface area contributed by atoms with Crippen LogP contribution in [0.25, 0.3) is 4.98 Å². The zero-order chi connectivity index (χ0) is 13.7. The summed E-state index contributed by atoms with van der Waals surface area (Å²) in [5, 5.41) is 17.8. The van der Waals surface area contributed by atoms with Crippen LogP contribution in [0.5, 0.6) is 0 Å². The molecule has 0 radical (unpaired) electrons. The number of amides is 2. The monoisotopic (exact) mass is 250 g/mol. The highest BCUT2D eigenvalue weighted by molar-refractivity contribution is 6.06. The van der Waals surface area contributed by atoms with Crippen LogP contribution in [0.3, 0.4) is 0 Å². The molecule has 1 saturated heterocycles. The van der Waals surface area contributed by atoms with Crippen LogP contribution in [0.15, 0.2) is 24.1 Å². The molecular weight excluding hydrogens is 234 g/mol. The summed E-state index contributed by atoms with van der Waals surface area (Å²) in [5.74, 6) is -1.66. The Bertz CT molecular complexity index is 444. The van der Waals surface area contributed by atoms with Crippen LogP contribution in [-0.4, -0.2) is 28.4 Å². The second-order valence-corrected chi connectivity index (χ2v) is 4.18. The molecule has 1 unspecified atom stereocenters. The second kappa shape index (κ2) is 5.96. The van der Waals surface area contributed by atoms with E-state index in [9.17, 15) is 14.7 Å². The number of allylic oxidation sites excluding steroid dienone is 2. The summed E-state index contributed by atoms with van der Waals surface area (Å²) in [6.07, 6.45) is 3.68. The summed E-state index contributed by atoms with van der Waals surface area (Å²) in [6.45, 7) is 5.09. The number of aliphatic hydroxyl groups excluding tert-OH is 1. The predicted octanol–water partition coefficient (Wildman–Crippen LogP) is 1.97. The van der Waals surface area contributed by atoms with E-state index in [-0.39, 0.29) is 18.4 Å². The minimum Gasteiger partial charge on any atom is -0.505 e. The van der Waals surface area contributed by atoms with Crippen molar-refractivity contribution < 1.29 is 14.7 Å². The molecule has 0 saturated carbocycles. The molecule has 18 heavy (non-hydrogen) atoms. The summed E-state index contributed by atoms with van der Waals surface area (Å²) in [7, 11) is 0. The third-order valence-corrected chi connectivity index (χ3v) is 2.93. The van der Waals surface area contributed by atoms with Crippen molar-refractivity contribution in [2.24, 2.45) is 5.92 Å². The predicted molar refractivity (Wildman–Crippen MR) is 64.7 cm³/mol. The van der Waals surface area contributed by atoms with Crippen LogP contribution < -0.4 is 0 Å². The van der Waals surface area contributed by atoms with E-state index < -0.39 is 17.4 Å². The minimum absolute atomic E-state index is 0.203. The zero-order valence-electron chi connectivity index (χ0n) is 10.3. The summed E-state index contributed by atoms with van der Waals surface area (Å²) < 4.78 is 0. The van der Waals surface area contributed by atoms with Gasteiger partial charge in [0, 0.05) is 19.4 Å². The molecule has 0 aromatic carbocycles. The lowest BCUT2D eigenvalue weighted by molar-refractivity contribution is -0.141. The lowest BCUT2D eigenvalue weighted by Crippen LogP contribution is -2.34. The zero-order valence-corrected chi connectivity index (χ0v) is 10.3. The topological polar surface area (TPSA) is 85.8 Å². The number of diazo groups is 1. The van der Waals surface area contributed by atoms with E-state index in [4.69, 9.17) is 5.39 Å². The normalized spacial score (nSPS) is 20.3. The summed E-state index contributed by atoms with van der Waals surface area (Å²) in [5.41, 5.74) is -0.493. The van der Waals surface area contributed by atoms with Gasteiger partial charge in [0.1, 0.15) is 0 Å². The van der Waals surface area contributed by atoms with Crippen LogP contribution >= 0.6 is 0 Å². The maximum absolute atomic E-state index is 11.9. The van der Waals surface area contributed by atoms with Crippen LogP contribution in [0.2, 0.25) is 0 Å². The quantitative estimate of drug-likeness (QED) is 0.357. The Hall–Kier alpha value is -2.16. The highest BCUT2D eigenvalue weighted by Gasteiger charge is 2.41. The standard InChI is InChI=1S/C12H15N3O3/c1-3-4-5-9-6-7-15(11(9)17)12(18)10(14-13)8(2)16/h3,9H,1,4-7H2,2H3/p+1. The maximum atomic E-state index is 11.9. The molecule has 0 spiro atoms. The molecule has 2 amide bonds. The summed E-state index contributed by atoms with van der Waals surface area (Å²) >= 11 is 0. The number of nitrogens with zero attached hydrogens (tertiary/aromatic N) is 3. The first kappa shape index (κ1) is 13.9. The largest absolute Gasteiger partial charge is 0.505 e. The Balaban J connectivity index is 2.79. The Labute approximate surface area is 105 Å². The molecule has 6 heteroatoms. The third-order valence-electron chi connectivity index (χ3n) is 2.93. The molecule has 1 N–H and O–H groups in total. The van der Waals surface area contributed by atoms with E-state index in [2.05, 4.69) is 11.6 Å². The Morgan fingerprint density at radius 1 is 1.72 bits per heavy atom. The van der Waals surface area contributed by atoms with Crippen LogP contribution in [0.4, 0.5) is 0 Å². The molecule has 0 aliphatic carbocycles. The van der Waals surface area contributed by atoms with Crippen molar-refractivity contribution in [2.45, 2.75) is 26.2 Å². The van der Waals surface area contributed by atoms with Gasteiger partial charge in [0.2, 0.25) is 11.3 Å². The molecule has 96 valence electrons. The van der Waals surface area contributed by atoms with Crippen molar-refractivity contribution in [1.29, 1.82) is 5.39 Å². The molecule has 1 heterocycles. The van der Waals surface area contributed by atoms with Gasteiger partial charge in [0.05, 0.1) is 0 Å². The molecule has 1 aliphatic heterocycles. The summed E-state index contributed by atoms with van der Waals surface area (Å²) in [6, 6.07) is 0. The average Bonchev–Trinajstić information content (AvgIpc) is 2.68. The van der Waals surface area contributed by atoms with Gasteiger partial charge in [-0.25, -0.2) is 0 Å². The molecule has 0 aromatic rings. The first-order chi connectivity index (χ1) is 8.52. The van der Waals surface area contributed by atoms with Gasteiger partial charge in [-0.1, -0.05) is 6.08 Å². The van der Waals surface area contributed by atoms with Crippen molar-refractivity contribution in [3.8, 4) is 0 Å². The van der Waals surface area contributed by atoms with Crippen LogP contribution in [0.1, 0.15) is 26.2 Å². The van der Waals surface area contributed by atoms with Crippen molar-refractivity contribution in [3.63, 3.8) is 0 Å². The van der Waals surface area contributed by atoms with Gasteiger partial charge in [-0.15, -0.1) is 6.58 Å². The highest BCUT2D eigenvalue weighted by atomic mass is 16.3. The smallest absolute Gasteiger partial charge is 0.485 e. The average molecular weight is 250 g/mol. The van der Waals surface area contributed by atoms with E-state index in [1.807, 2.05) is 0 Å². The Kier molecular flexibility index (Phi) is 4.60. The van der Waals surface area contributed by atoms with Gasteiger partial charge in [-0.05, 0) is 19.3 Å². The van der Waals surface area contributed by atoms with E-state index >= 15 is 0 Å². The van der Waals surface area contributed by atoms with Gasteiger partial charge in [-0.2, -0.15) is 0 Å². The SMILES string of the molecule is C=CCCC1CCN(C(=O)/C([N+]#N)=C(/C)O)C1=O. The first-order valence-corrected chi connectivity index (χ1v) is 5.74. The number of carbonyl (C=O) groups excluding carboxylic acids is 2. The van der Waals surface area contributed by atoms with Crippen LogP contribution in [0, 0.1) is 11.3 Å². The van der Waals surface area contributed by atoms with E-state index in [0.717, 1.165) is 4.90 Å². The fraction of sp³-hybridized carbons (Fsp3) is 0.500. The first-order valence-electron chi connectivity index (χ1n) is 5.74. The Morgan fingerprint density at radius 3 is 2.89 bits per heavy atom. The molecule has 0 bridgehead atoms. The van der Waals surface area contributed by atoms with Crippen molar-refractivity contribution in [2.75, 3.05) is 6.54 Å². The Morgan fingerprint density at radius 2 is 2.39 bits per heavy atom. The lowest BCUT2D eigenvalue weighted by Gasteiger charge is -2.10. The molecule has 1 fully saturated rings. The number of hydrogen-bond donors (Lipinski definition) is 1. The van der Waals surface area contributed by atoms with E-state index in [1.165, 1.54) is 6.92 Å². The number of hydrogen-bond acceptors (Lipinski definition) is 4. The number of carbonyl (C=O) groups is 2. The van der Waals surface area contributed by atoms with Crippen LogP contribution in [-0.2, 0) is 9.59 Å². The van der Waals surface area contributed by atoms with Gasteiger partial charge >= 0.3 is 11.6 Å². The van der Waals surface area contributed by atoms with Gasteiger partial charge in [-0.3, -0.25) is 14.5 Å². The molecule has 1 rings (SSSR count). The molecule has 1 atom stereocenters. The fourth-order valence-electron chi connectivity index (χ4n) is 1.93. The number of likely N-dealkylation sites (tertiary alicyclic amines) is 1. The van der Waals surface area contributed by atoms with Gasteiger partial charge < -0.3 is 5.11 Å². The van der Waals surface area contributed by atoms with Crippen molar-refractivity contribution in [3.05, 3.63) is 29.1 Å². The summed E-state index contributed by atoms with van der Waals surface area (Å²) in [4.78, 5) is 27.5. The maximum Gasteiger partial charge on any atom is 0.485 e. The molecule has 1 aliphatic rings. The van der Waals surface area contributed by atoms with Crippen molar-refractivity contribution in [1.82, 2.24) is 4.90 Å². The van der Waals surface area contributed by atoms with Crippen molar-refractivity contribution >= 4 is 11.8 Å². The molecule has 6 nitrogen and oxygen atoms in total. The fourth-order valence-corrected chi connectivity index (χ4v) is 1.93. The lowest BCUT2D eigenvalue weighted by atomic mass is 10.0. The van der Waals surface area contributed by atoms with E-state index in [0.29, 0.717) is 19.3 Å². The van der Waals surface area contributed by atoms with E-state index in [1.54, 1.807) is 6.08 Å². The third kappa shape index (κ3) is 2.74. The molecular formula is C12H16N3O3+. The highest BCUT2D eigenvalue weighted by Crippen LogP contribution is 2.24. The number of rotatable bonds is 4.